The minimum Gasteiger partial charge on any atom is -0.494 e. The zero-order valence-corrected chi connectivity index (χ0v) is 18.1. The molecule has 0 aliphatic carbocycles. The number of nitrogens with zero attached hydrogens (tertiary/aromatic N) is 2. The summed E-state index contributed by atoms with van der Waals surface area (Å²) >= 11 is 0. The third-order valence-corrected chi connectivity index (χ3v) is 7.77. The molecule has 0 saturated carbocycles. The van der Waals surface area contributed by atoms with Crippen LogP contribution in [0.4, 0.5) is 0 Å². The lowest BCUT2D eigenvalue weighted by Crippen LogP contribution is -2.31. The monoisotopic (exact) mass is 428 g/mol. The molecular formula is C23H28N2O4S. The minimum atomic E-state index is -3.55. The highest BCUT2D eigenvalue weighted by molar-refractivity contribution is 7.89. The number of likely N-dealkylation sites (tertiary alicyclic amines) is 1. The third kappa shape index (κ3) is 4.09. The molecule has 160 valence electrons. The molecule has 4 rings (SSSR count). The van der Waals surface area contributed by atoms with E-state index in [-0.39, 0.29) is 16.8 Å². The van der Waals surface area contributed by atoms with Crippen LogP contribution in [0, 0.1) is 0 Å². The largest absolute Gasteiger partial charge is 0.494 e. The Balaban J connectivity index is 1.56. The van der Waals surface area contributed by atoms with Gasteiger partial charge in [0.1, 0.15) is 5.75 Å². The van der Waals surface area contributed by atoms with Crippen molar-refractivity contribution in [3.05, 3.63) is 59.7 Å². The van der Waals surface area contributed by atoms with Gasteiger partial charge in [0.15, 0.2) is 0 Å². The van der Waals surface area contributed by atoms with Crippen molar-refractivity contribution in [1.29, 1.82) is 0 Å². The summed E-state index contributed by atoms with van der Waals surface area (Å²) in [7, 11) is -3.55. The van der Waals surface area contributed by atoms with Crippen LogP contribution in [-0.4, -0.2) is 49.8 Å². The first-order valence-electron chi connectivity index (χ1n) is 10.6. The number of hydrogen-bond donors (Lipinski definition) is 0. The van der Waals surface area contributed by atoms with E-state index in [1.54, 1.807) is 18.2 Å². The Morgan fingerprint density at radius 3 is 2.47 bits per heavy atom. The summed E-state index contributed by atoms with van der Waals surface area (Å²) in [6.07, 6.45) is 3.59. The van der Waals surface area contributed by atoms with Gasteiger partial charge in [-0.25, -0.2) is 8.42 Å². The fourth-order valence-electron chi connectivity index (χ4n) is 4.34. The van der Waals surface area contributed by atoms with Gasteiger partial charge in [0, 0.05) is 25.2 Å². The Hall–Kier alpha value is -2.38. The number of hydrogen-bond acceptors (Lipinski definition) is 4. The maximum atomic E-state index is 13.3. The van der Waals surface area contributed by atoms with E-state index in [0.717, 1.165) is 37.0 Å². The van der Waals surface area contributed by atoms with Gasteiger partial charge in [-0.15, -0.1) is 0 Å². The molecule has 2 fully saturated rings. The Kier molecular flexibility index (Phi) is 6.11. The number of benzene rings is 2. The maximum absolute atomic E-state index is 13.3. The van der Waals surface area contributed by atoms with Gasteiger partial charge in [0.05, 0.1) is 17.5 Å². The first-order valence-corrected chi connectivity index (χ1v) is 12.1. The predicted octanol–water partition coefficient (Wildman–Crippen LogP) is 3.85. The van der Waals surface area contributed by atoms with Gasteiger partial charge in [-0.1, -0.05) is 18.2 Å². The summed E-state index contributed by atoms with van der Waals surface area (Å²) in [6.45, 7) is 4.33. The normalized spacial score (nSPS) is 19.9. The molecular weight excluding hydrogens is 400 g/mol. The Bertz CT molecular complexity index is 998. The molecule has 30 heavy (non-hydrogen) atoms. The molecule has 2 aliphatic heterocycles. The van der Waals surface area contributed by atoms with E-state index in [0.29, 0.717) is 31.8 Å². The average molecular weight is 429 g/mol. The van der Waals surface area contributed by atoms with E-state index >= 15 is 0 Å². The zero-order valence-electron chi connectivity index (χ0n) is 17.3. The second kappa shape index (κ2) is 8.78. The van der Waals surface area contributed by atoms with E-state index in [1.807, 2.05) is 36.1 Å². The minimum absolute atomic E-state index is 0.00739. The predicted molar refractivity (Wildman–Crippen MR) is 115 cm³/mol. The molecule has 2 heterocycles. The molecule has 2 aliphatic rings. The van der Waals surface area contributed by atoms with Crippen LogP contribution in [0.1, 0.15) is 54.6 Å². The number of carbonyl (C=O) groups is 1. The number of ether oxygens (including phenoxy) is 1. The number of rotatable bonds is 6. The van der Waals surface area contributed by atoms with Crippen LogP contribution in [0.3, 0.4) is 0 Å². The van der Waals surface area contributed by atoms with Crippen molar-refractivity contribution < 1.29 is 17.9 Å². The van der Waals surface area contributed by atoms with Gasteiger partial charge < -0.3 is 9.64 Å². The zero-order chi connectivity index (χ0) is 21.1. The maximum Gasteiger partial charge on any atom is 0.254 e. The van der Waals surface area contributed by atoms with Crippen LogP contribution in [0.5, 0.6) is 5.75 Å². The van der Waals surface area contributed by atoms with Crippen molar-refractivity contribution in [2.45, 2.75) is 43.5 Å². The van der Waals surface area contributed by atoms with Crippen molar-refractivity contribution in [2.24, 2.45) is 0 Å². The summed E-state index contributed by atoms with van der Waals surface area (Å²) < 4.78 is 32.8. The Labute approximate surface area is 178 Å². The van der Waals surface area contributed by atoms with Crippen molar-refractivity contribution in [1.82, 2.24) is 9.21 Å². The van der Waals surface area contributed by atoms with Crippen LogP contribution < -0.4 is 4.74 Å². The molecule has 0 radical (unpaired) electrons. The first kappa shape index (κ1) is 20.9. The molecule has 6 nitrogen and oxygen atoms in total. The second-order valence-electron chi connectivity index (χ2n) is 7.80. The van der Waals surface area contributed by atoms with Crippen LogP contribution in [0.2, 0.25) is 0 Å². The van der Waals surface area contributed by atoms with E-state index in [9.17, 15) is 13.2 Å². The van der Waals surface area contributed by atoms with Gasteiger partial charge in [-0.05, 0) is 68.5 Å². The Morgan fingerprint density at radius 2 is 1.77 bits per heavy atom. The molecule has 0 bridgehead atoms. The molecule has 2 saturated heterocycles. The summed E-state index contributed by atoms with van der Waals surface area (Å²) in [5.41, 5.74) is 1.50. The van der Waals surface area contributed by atoms with Crippen molar-refractivity contribution >= 4 is 15.9 Å². The fourth-order valence-corrected chi connectivity index (χ4v) is 5.91. The highest BCUT2D eigenvalue weighted by Crippen LogP contribution is 2.34. The third-order valence-electron chi connectivity index (χ3n) is 5.87. The van der Waals surface area contributed by atoms with Crippen LogP contribution in [0.25, 0.3) is 0 Å². The summed E-state index contributed by atoms with van der Waals surface area (Å²) in [5.74, 6) is 0.696. The van der Waals surface area contributed by atoms with E-state index in [2.05, 4.69) is 0 Å². The van der Waals surface area contributed by atoms with Crippen LogP contribution in [-0.2, 0) is 10.0 Å². The lowest BCUT2D eigenvalue weighted by atomic mass is 10.0. The molecule has 2 aromatic carbocycles. The van der Waals surface area contributed by atoms with Gasteiger partial charge in [0.25, 0.3) is 5.91 Å². The Morgan fingerprint density at radius 1 is 1.03 bits per heavy atom. The van der Waals surface area contributed by atoms with E-state index in [1.165, 1.54) is 10.4 Å². The average Bonchev–Trinajstić information content (AvgIpc) is 3.47. The van der Waals surface area contributed by atoms with Gasteiger partial charge in [-0.2, -0.15) is 4.31 Å². The highest BCUT2D eigenvalue weighted by atomic mass is 32.2. The number of sulfonamides is 1. The molecule has 1 amide bonds. The molecule has 0 aromatic heterocycles. The standard InChI is InChI=1S/C23H28N2O4S/c1-2-29-20-12-10-18(11-13-20)22-9-6-16-25(22)23(26)19-7-5-8-21(17-19)30(27,28)24-14-3-4-15-24/h5,7-8,10-13,17,22H,2-4,6,9,14-16H2,1H3. The van der Waals surface area contributed by atoms with Crippen molar-refractivity contribution in [3.63, 3.8) is 0 Å². The lowest BCUT2D eigenvalue weighted by molar-refractivity contribution is 0.0735. The van der Waals surface area contributed by atoms with E-state index < -0.39 is 10.0 Å². The highest BCUT2D eigenvalue weighted by Gasteiger charge is 2.32. The lowest BCUT2D eigenvalue weighted by Gasteiger charge is -2.26. The van der Waals surface area contributed by atoms with Crippen LogP contribution in [0.15, 0.2) is 53.4 Å². The quantitative estimate of drug-likeness (QED) is 0.701. The summed E-state index contributed by atoms with van der Waals surface area (Å²) in [4.78, 5) is 15.4. The smallest absolute Gasteiger partial charge is 0.254 e. The molecule has 1 unspecified atom stereocenters. The van der Waals surface area contributed by atoms with Crippen molar-refractivity contribution in [2.75, 3.05) is 26.2 Å². The SMILES string of the molecule is CCOc1ccc(C2CCCN2C(=O)c2cccc(S(=O)(=O)N3CCCC3)c2)cc1. The molecule has 7 heteroatoms. The molecule has 2 aromatic rings. The molecule has 0 N–H and O–H groups in total. The fraction of sp³-hybridized carbons (Fsp3) is 0.435. The molecule has 1 atom stereocenters. The number of carbonyl (C=O) groups excluding carboxylic acids is 1. The van der Waals surface area contributed by atoms with Gasteiger partial charge in [0.2, 0.25) is 10.0 Å². The summed E-state index contributed by atoms with van der Waals surface area (Å²) in [5, 5.41) is 0. The summed E-state index contributed by atoms with van der Waals surface area (Å²) in [6, 6.07) is 14.4. The van der Waals surface area contributed by atoms with E-state index in [4.69, 9.17) is 4.74 Å². The first-order chi connectivity index (χ1) is 14.5. The van der Waals surface area contributed by atoms with Gasteiger partial charge >= 0.3 is 0 Å². The van der Waals surface area contributed by atoms with Crippen LogP contribution >= 0.6 is 0 Å². The molecule has 0 spiro atoms. The van der Waals surface area contributed by atoms with Gasteiger partial charge in [-0.3, -0.25) is 4.79 Å². The number of amides is 1. The topological polar surface area (TPSA) is 66.9 Å². The second-order valence-corrected chi connectivity index (χ2v) is 9.74. The van der Waals surface area contributed by atoms with Crippen molar-refractivity contribution in [3.8, 4) is 5.75 Å².